The zero-order chi connectivity index (χ0) is 10.8. The Morgan fingerprint density at radius 1 is 1.47 bits per heavy atom. The van der Waals surface area contributed by atoms with Crippen LogP contribution in [0.25, 0.3) is 0 Å². The first-order valence-electron chi connectivity index (χ1n) is 5.17. The number of hydrogen-bond acceptors (Lipinski definition) is 2. The van der Waals surface area contributed by atoms with Gasteiger partial charge in [0, 0.05) is 28.6 Å². The average molecular weight is 334 g/mol. The van der Waals surface area contributed by atoms with Gasteiger partial charge in [-0.05, 0) is 40.4 Å². The molecule has 1 aromatic heterocycles. The topological polar surface area (TPSA) is 16.1 Å². The third kappa shape index (κ3) is 2.72. The third-order valence-electron chi connectivity index (χ3n) is 2.84. The van der Waals surface area contributed by atoms with E-state index in [2.05, 4.69) is 54.7 Å². The lowest BCUT2D eigenvalue weighted by Crippen LogP contribution is -2.40. The maximum absolute atomic E-state index is 4.43. The number of rotatable bonds is 1. The average Bonchev–Trinajstić information content (AvgIpc) is 2.23. The van der Waals surface area contributed by atoms with Crippen molar-refractivity contribution in [1.29, 1.82) is 0 Å². The zero-order valence-electron chi connectivity index (χ0n) is 8.66. The molecule has 1 aromatic rings. The van der Waals surface area contributed by atoms with Gasteiger partial charge in [-0.3, -0.25) is 0 Å². The lowest BCUT2D eigenvalue weighted by molar-refractivity contribution is 0.464. The Bertz CT molecular complexity index is 326. The highest BCUT2D eigenvalue weighted by molar-refractivity contribution is 9.10. The van der Waals surface area contributed by atoms with Gasteiger partial charge in [0.15, 0.2) is 0 Å². The highest BCUT2D eigenvalue weighted by Crippen LogP contribution is 2.26. The van der Waals surface area contributed by atoms with E-state index in [-0.39, 0.29) is 0 Å². The summed E-state index contributed by atoms with van der Waals surface area (Å²) >= 11 is 7.11. The molecular weight excluding hydrogens is 320 g/mol. The summed E-state index contributed by atoms with van der Waals surface area (Å²) in [6.07, 6.45) is 3.05. The van der Waals surface area contributed by atoms with Gasteiger partial charge in [-0.1, -0.05) is 22.9 Å². The van der Waals surface area contributed by atoms with Crippen LogP contribution < -0.4 is 4.90 Å². The van der Waals surface area contributed by atoms with Gasteiger partial charge in [-0.15, -0.1) is 0 Å². The summed E-state index contributed by atoms with van der Waals surface area (Å²) in [4.78, 5) is 7.44. The molecule has 2 unspecified atom stereocenters. The molecule has 1 saturated heterocycles. The van der Waals surface area contributed by atoms with Gasteiger partial charge in [0.2, 0.25) is 0 Å². The first-order chi connectivity index (χ1) is 7.16. The van der Waals surface area contributed by atoms with Crippen molar-refractivity contribution in [3.63, 3.8) is 0 Å². The summed E-state index contributed by atoms with van der Waals surface area (Å²) in [6.45, 7) is 4.46. The highest BCUT2D eigenvalue weighted by Gasteiger charge is 2.24. The second-order valence-corrected chi connectivity index (χ2v) is 6.15. The Balaban J connectivity index is 2.08. The molecule has 2 heterocycles. The van der Waals surface area contributed by atoms with Crippen LogP contribution in [-0.2, 0) is 0 Å². The number of alkyl halides is 1. The van der Waals surface area contributed by atoms with Crippen LogP contribution in [0.4, 0.5) is 5.82 Å². The number of aromatic nitrogens is 1. The van der Waals surface area contributed by atoms with Gasteiger partial charge < -0.3 is 4.90 Å². The molecule has 0 amide bonds. The summed E-state index contributed by atoms with van der Waals surface area (Å²) in [5.74, 6) is 1.77. The number of anilines is 1. The minimum atomic E-state index is 0.657. The molecule has 1 fully saturated rings. The molecule has 1 aliphatic heterocycles. The van der Waals surface area contributed by atoms with E-state index in [1.807, 2.05) is 12.3 Å². The number of hydrogen-bond donors (Lipinski definition) is 0. The molecule has 4 heteroatoms. The number of halogens is 2. The monoisotopic (exact) mass is 332 g/mol. The Labute approximate surface area is 107 Å². The van der Waals surface area contributed by atoms with Gasteiger partial charge in [-0.25, -0.2) is 4.98 Å². The van der Waals surface area contributed by atoms with Crippen molar-refractivity contribution in [2.75, 3.05) is 18.0 Å². The molecule has 2 rings (SSSR count). The lowest BCUT2D eigenvalue weighted by atomic mass is 10.0. The van der Waals surface area contributed by atoms with Crippen LogP contribution in [0.15, 0.2) is 22.8 Å². The van der Waals surface area contributed by atoms with Crippen molar-refractivity contribution in [2.45, 2.75) is 18.2 Å². The standard InChI is InChI=1S/C11H14Br2N2/c1-8-7-15(5-4-10(8)13)11-3-2-9(12)6-14-11/h2-3,6,8,10H,4-5,7H2,1H3. The summed E-state index contributed by atoms with van der Waals surface area (Å²) in [7, 11) is 0. The Hall–Kier alpha value is -0.0900. The molecule has 15 heavy (non-hydrogen) atoms. The first-order valence-corrected chi connectivity index (χ1v) is 6.88. The van der Waals surface area contributed by atoms with Crippen LogP contribution in [0, 0.1) is 5.92 Å². The van der Waals surface area contributed by atoms with E-state index in [1.165, 1.54) is 6.42 Å². The minimum Gasteiger partial charge on any atom is -0.356 e. The molecule has 0 spiro atoms. The normalized spacial score (nSPS) is 26.7. The van der Waals surface area contributed by atoms with E-state index in [4.69, 9.17) is 0 Å². The molecule has 0 aromatic carbocycles. The van der Waals surface area contributed by atoms with Gasteiger partial charge in [0.05, 0.1) is 0 Å². The van der Waals surface area contributed by atoms with Gasteiger partial charge in [-0.2, -0.15) is 0 Å². The van der Waals surface area contributed by atoms with Gasteiger partial charge in [0.25, 0.3) is 0 Å². The minimum absolute atomic E-state index is 0.657. The summed E-state index contributed by atoms with van der Waals surface area (Å²) in [5.41, 5.74) is 0. The molecule has 0 aliphatic carbocycles. The van der Waals surface area contributed by atoms with E-state index < -0.39 is 0 Å². The van der Waals surface area contributed by atoms with Crippen LogP contribution in [0.3, 0.4) is 0 Å². The fourth-order valence-electron chi connectivity index (χ4n) is 1.88. The number of nitrogens with zero attached hydrogens (tertiary/aromatic N) is 2. The first kappa shape index (κ1) is 11.4. The number of piperidine rings is 1. The second-order valence-electron chi connectivity index (χ2n) is 4.06. The van der Waals surface area contributed by atoms with E-state index in [0.29, 0.717) is 10.7 Å². The molecule has 1 aliphatic rings. The molecule has 0 saturated carbocycles. The predicted octanol–water partition coefficient (Wildman–Crippen LogP) is 3.45. The quantitative estimate of drug-likeness (QED) is 0.732. The van der Waals surface area contributed by atoms with Crippen LogP contribution in [0.1, 0.15) is 13.3 Å². The molecule has 0 radical (unpaired) electrons. The largest absolute Gasteiger partial charge is 0.356 e. The van der Waals surface area contributed by atoms with Crippen LogP contribution in [0.5, 0.6) is 0 Å². The Morgan fingerprint density at radius 2 is 2.27 bits per heavy atom. The molecule has 0 bridgehead atoms. The van der Waals surface area contributed by atoms with Crippen molar-refractivity contribution in [2.24, 2.45) is 5.92 Å². The molecule has 82 valence electrons. The van der Waals surface area contributed by atoms with Gasteiger partial charge >= 0.3 is 0 Å². The molecule has 2 nitrogen and oxygen atoms in total. The van der Waals surface area contributed by atoms with Crippen molar-refractivity contribution in [1.82, 2.24) is 4.98 Å². The SMILES string of the molecule is CC1CN(c2ccc(Br)cn2)CCC1Br. The molecule has 0 N–H and O–H groups in total. The van der Waals surface area contributed by atoms with E-state index in [9.17, 15) is 0 Å². The summed E-state index contributed by atoms with van der Waals surface area (Å²) in [5, 5.41) is 0. The highest BCUT2D eigenvalue weighted by atomic mass is 79.9. The van der Waals surface area contributed by atoms with E-state index in [1.54, 1.807) is 0 Å². The summed E-state index contributed by atoms with van der Waals surface area (Å²) in [6, 6.07) is 4.12. The summed E-state index contributed by atoms with van der Waals surface area (Å²) < 4.78 is 1.04. The van der Waals surface area contributed by atoms with Crippen molar-refractivity contribution < 1.29 is 0 Å². The van der Waals surface area contributed by atoms with Crippen LogP contribution in [-0.4, -0.2) is 22.9 Å². The van der Waals surface area contributed by atoms with E-state index >= 15 is 0 Å². The fraction of sp³-hybridized carbons (Fsp3) is 0.545. The van der Waals surface area contributed by atoms with Gasteiger partial charge in [0.1, 0.15) is 5.82 Å². The van der Waals surface area contributed by atoms with E-state index in [0.717, 1.165) is 23.4 Å². The van der Waals surface area contributed by atoms with Crippen molar-refractivity contribution in [3.8, 4) is 0 Å². The van der Waals surface area contributed by atoms with Crippen LogP contribution in [0.2, 0.25) is 0 Å². The van der Waals surface area contributed by atoms with Crippen LogP contribution >= 0.6 is 31.9 Å². The smallest absolute Gasteiger partial charge is 0.128 e. The third-order valence-corrected chi connectivity index (χ3v) is 4.67. The zero-order valence-corrected chi connectivity index (χ0v) is 11.8. The maximum Gasteiger partial charge on any atom is 0.128 e. The van der Waals surface area contributed by atoms with Crippen molar-refractivity contribution >= 4 is 37.7 Å². The predicted molar refractivity (Wildman–Crippen MR) is 70.6 cm³/mol. The van der Waals surface area contributed by atoms with Crippen molar-refractivity contribution in [3.05, 3.63) is 22.8 Å². The maximum atomic E-state index is 4.43. The number of pyridine rings is 1. The Kier molecular flexibility index (Phi) is 3.67. The fourth-order valence-corrected chi connectivity index (χ4v) is 2.49. The molecule has 2 atom stereocenters. The lowest BCUT2D eigenvalue weighted by Gasteiger charge is -2.35. The second kappa shape index (κ2) is 4.83. The Morgan fingerprint density at radius 3 is 2.87 bits per heavy atom. The molecular formula is C11H14Br2N2.